The van der Waals surface area contributed by atoms with Gasteiger partial charge in [0.1, 0.15) is 5.75 Å². The van der Waals surface area contributed by atoms with Crippen molar-refractivity contribution >= 4 is 11.6 Å². The number of ether oxygens (including phenoxy) is 1. The van der Waals surface area contributed by atoms with Gasteiger partial charge in [0.15, 0.2) is 0 Å². The van der Waals surface area contributed by atoms with E-state index in [0.29, 0.717) is 5.69 Å². The van der Waals surface area contributed by atoms with Gasteiger partial charge in [-0.1, -0.05) is 30.3 Å². The van der Waals surface area contributed by atoms with E-state index in [9.17, 15) is 18.0 Å². The molecule has 0 aliphatic heterocycles. The average molecular weight is 321 g/mol. The highest BCUT2D eigenvalue weighted by Crippen LogP contribution is 2.48. The topological polar surface area (TPSA) is 38.3 Å². The van der Waals surface area contributed by atoms with Crippen LogP contribution in [0.3, 0.4) is 0 Å². The van der Waals surface area contributed by atoms with Gasteiger partial charge >= 0.3 is 6.36 Å². The van der Waals surface area contributed by atoms with Crippen LogP contribution in [0, 0.1) is 0 Å². The predicted molar refractivity (Wildman–Crippen MR) is 79.1 cm³/mol. The van der Waals surface area contributed by atoms with Crippen molar-refractivity contribution < 1.29 is 22.7 Å². The van der Waals surface area contributed by atoms with E-state index < -0.39 is 11.8 Å². The van der Waals surface area contributed by atoms with Gasteiger partial charge in [-0.25, -0.2) is 0 Å². The van der Waals surface area contributed by atoms with Crippen molar-refractivity contribution in [2.45, 2.75) is 24.6 Å². The number of benzene rings is 2. The van der Waals surface area contributed by atoms with Crippen molar-refractivity contribution in [2.24, 2.45) is 0 Å². The lowest BCUT2D eigenvalue weighted by atomic mass is 9.95. The Balaban J connectivity index is 1.69. The van der Waals surface area contributed by atoms with Crippen molar-refractivity contribution in [3.05, 3.63) is 60.2 Å². The number of nitrogens with one attached hydrogen (secondary N) is 1. The summed E-state index contributed by atoms with van der Waals surface area (Å²) in [5.74, 6) is -0.465. The van der Waals surface area contributed by atoms with Gasteiger partial charge in [0.2, 0.25) is 5.91 Å². The molecule has 0 atom stereocenters. The number of hydrogen-bond acceptors (Lipinski definition) is 2. The zero-order chi connectivity index (χ0) is 16.5. The van der Waals surface area contributed by atoms with Crippen molar-refractivity contribution in [3.8, 4) is 5.75 Å². The number of carbonyl (C=O) groups is 1. The number of carbonyl (C=O) groups excluding carboxylic acids is 1. The molecule has 0 bridgehead atoms. The van der Waals surface area contributed by atoms with Crippen LogP contribution in [-0.2, 0) is 10.2 Å². The van der Waals surface area contributed by atoms with E-state index in [-0.39, 0.29) is 11.7 Å². The normalized spacial score (nSPS) is 15.8. The zero-order valence-corrected chi connectivity index (χ0v) is 12.1. The van der Waals surface area contributed by atoms with Gasteiger partial charge in [-0.15, -0.1) is 13.2 Å². The van der Waals surface area contributed by atoms with E-state index in [1.165, 1.54) is 24.3 Å². The fourth-order valence-corrected chi connectivity index (χ4v) is 2.52. The smallest absolute Gasteiger partial charge is 0.406 e. The Hall–Kier alpha value is -2.50. The average Bonchev–Trinajstić information content (AvgIpc) is 3.30. The molecule has 0 unspecified atom stereocenters. The fourth-order valence-electron chi connectivity index (χ4n) is 2.52. The molecule has 1 aliphatic rings. The summed E-state index contributed by atoms with van der Waals surface area (Å²) in [6, 6.07) is 14.6. The minimum Gasteiger partial charge on any atom is -0.406 e. The first kappa shape index (κ1) is 15.4. The number of hydrogen-bond donors (Lipinski definition) is 1. The molecule has 1 saturated carbocycles. The molecule has 3 rings (SSSR count). The van der Waals surface area contributed by atoms with Crippen LogP contribution in [0.5, 0.6) is 5.75 Å². The van der Waals surface area contributed by atoms with E-state index in [2.05, 4.69) is 10.1 Å². The number of amides is 1. The number of halogens is 3. The SMILES string of the molecule is O=C(Nc1ccc(OC(F)(F)F)cc1)C1(c2ccccc2)CC1. The molecule has 3 nitrogen and oxygen atoms in total. The summed E-state index contributed by atoms with van der Waals surface area (Å²) in [6.07, 6.45) is -3.20. The Labute approximate surface area is 131 Å². The third kappa shape index (κ3) is 3.47. The maximum atomic E-state index is 12.5. The molecule has 2 aromatic carbocycles. The predicted octanol–water partition coefficient (Wildman–Crippen LogP) is 4.26. The van der Waals surface area contributed by atoms with E-state index in [1.807, 2.05) is 30.3 Å². The second-order valence-corrected chi connectivity index (χ2v) is 5.47. The highest BCUT2D eigenvalue weighted by atomic mass is 19.4. The molecule has 120 valence electrons. The molecule has 1 amide bonds. The van der Waals surface area contributed by atoms with E-state index in [4.69, 9.17) is 0 Å². The Morgan fingerprint density at radius 1 is 1.00 bits per heavy atom. The van der Waals surface area contributed by atoms with Crippen LogP contribution in [0.25, 0.3) is 0 Å². The molecule has 2 aromatic rings. The van der Waals surface area contributed by atoms with Gasteiger partial charge in [0.05, 0.1) is 5.41 Å². The molecule has 1 aliphatic carbocycles. The minimum atomic E-state index is -4.73. The summed E-state index contributed by atoms with van der Waals surface area (Å²) >= 11 is 0. The molecule has 6 heteroatoms. The van der Waals surface area contributed by atoms with Crippen LogP contribution < -0.4 is 10.1 Å². The van der Waals surface area contributed by atoms with Gasteiger partial charge in [-0.3, -0.25) is 4.79 Å². The van der Waals surface area contributed by atoms with E-state index >= 15 is 0 Å². The van der Waals surface area contributed by atoms with E-state index in [0.717, 1.165) is 18.4 Å². The van der Waals surface area contributed by atoms with Crippen LogP contribution in [0.2, 0.25) is 0 Å². The summed E-state index contributed by atoms with van der Waals surface area (Å²) in [7, 11) is 0. The summed E-state index contributed by atoms with van der Waals surface area (Å²) < 4.78 is 40.1. The molecule has 23 heavy (non-hydrogen) atoms. The minimum absolute atomic E-state index is 0.145. The molecular formula is C17H14F3NO2. The Bertz CT molecular complexity index is 692. The maximum absolute atomic E-state index is 12.5. The fraction of sp³-hybridized carbons (Fsp3) is 0.235. The van der Waals surface area contributed by atoms with Crippen molar-refractivity contribution in [2.75, 3.05) is 5.32 Å². The molecular weight excluding hydrogens is 307 g/mol. The van der Waals surface area contributed by atoms with Gasteiger partial charge in [0.25, 0.3) is 0 Å². The highest BCUT2D eigenvalue weighted by Gasteiger charge is 2.51. The first-order chi connectivity index (χ1) is 10.9. The molecule has 1 N–H and O–H groups in total. The van der Waals surface area contributed by atoms with Crippen LogP contribution in [0.1, 0.15) is 18.4 Å². The highest BCUT2D eigenvalue weighted by molar-refractivity contribution is 6.01. The van der Waals surface area contributed by atoms with E-state index in [1.54, 1.807) is 0 Å². The van der Waals surface area contributed by atoms with Gasteiger partial charge < -0.3 is 10.1 Å². The quantitative estimate of drug-likeness (QED) is 0.914. The Morgan fingerprint density at radius 2 is 1.61 bits per heavy atom. The number of anilines is 1. The standard InChI is InChI=1S/C17H14F3NO2/c18-17(19,20)23-14-8-6-13(7-9-14)21-15(22)16(10-11-16)12-4-2-1-3-5-12/h1-9H,10-11H2,(H,21,22). The second kappa shape index (κ2) is 5.61. The first-order valence-corrected chi connectivity index (χ1v) is 7.12. The summed E-state index contributed by atoms with van der Waals surface area (Å²) in [5.41, 5.74) is 0.865. The lowest BCUT2D eigenvalue weighted by molar-refractivity contribution is -0.274. The first-order valence-electron chi connectivity index (χ1n) is 7.12. The number of alkyl halides is 3. The molecule has 0 saturated heterocycles. The maximum Gasteiger partial charge on any atom is 0.573 e. The lowest BCUT2D eigenvalue weighted by Gasteiger charge is -2.16. The van der Waals surface area contributed by atoms with Crippen LogP contribution >= 0.6 is 0 Å². The van der Waals surface area contributed by atoms with Crippen LogP contribution in [-0.4, -0.2) is 12.3 Å². The Morgan fingerprint density at radius 3 is 2.13 bits per heavy atom. The molecule has 1 fully saturated rings. The largest absolute Gasteiger partial charge is 0.573 e. The van der Waals surface area contributed by atoms with Crippen LogP contribution in [0.15, 0.2) is 54.6 Å². The molecule has 0 radical (unpaired) electrons. The van der Waals surface area contributed by atoms with Gasteiger partial charge in [-0.2, -0.15) is 0 Å². The molecule has 0 spiro atoms. The van der Waals surface area contributed by atoms with Crippen LogP contribution in [0.4, 0.5) is 18.9 Å². The third-order valence-electron chi connectivity index (χ3n) is 3.86. The Kier molecular flexibility index (Phi) is 3.75. The summed E-state index contributed by atoms with van der Waals surface area (Å²) in [6.45, 7) is 0. The van der Waals surface area contributed by atoms with Gasteiger partial charge in [0, 0.05) is 5.69 Å². The molecule has 0 heterocycles. The zero-order valence-electron chi connectivity index (χ0n) is 12.1. The summed E-state index contributed by atoms with van der Waals surface area (Å²) in [5, 5.41) is 2.76. The lowest BCUT2D eigenvalue weighted by Crippen LogP contribution is -2.27. The molecule has 0 aromatic heterocycles. The van der Waals surface area contributed by atoms with Crippen molar-refractivity contribution in [3.63, 3.8) is 0 Å². The second-order valence-electron chi connectivity index (χ2n) is 5.47. The summed E-state index contributed by atoms with van der Waals surface area (Å²) in [4.78, 5) is 12.5. The van der Waals surface area contributed by atoms with Crippen molar-refractivity contribution in [1.82, 2.24) is 0 Å². The number of rotatable bonds is 4. The van der Waals surface area contributed by atoms with Gasteiger partial charge in [-0.05, 0) is 42.7 Å². The monoisotopic (exact) mass is 321 g/mol. The third-order valence-corrected chi connectivity index (χ3v) is 3.86. The van der Waals surface area contributed by atoms with Crippen molar-refractivity contribution in [1.29, 1.82) is 0 Å².